The Labute approximate surface area is 131 Å². The van der Waals surface area contributed by atoms with Gasteiger partial charge in [-0.25, -0.2) is 4.79 Å². The highest BCUT2D eigenvalue weighted by atomic mass is 79.9. The molecule has 1 atom stereocenters. The quantitative estimate of drug-likeness (QED) is 0.926. The second-order valence-corrected chi connectivity index (χ2v) is 5.78. The average Bonchev–Trinajstić information content (AvgIpc) is 2.40. The molecule has 0 unspecified atom stereocenters. The lowest BCUT2D eigenvalue weighted by Crippen LogP contribution is -2.34. The molecule has 0 radical (unpaired) electrons. The molecule has 2 aromatic rings. The first-order valence-corrected chi connectivity index (χ1v) is 7.31. The van der Waals surface area contributed by atoms with Crippen molar-refractivity contribution in [2.75, 3.05) is 5.32 Å². The van der Waals surface area contributed by atoms with E-state index < -0.39 is 11.7 Å². The van der Waals surface area contributed by atoms with Crippen molar-refractivity contribution in [2.45, 2.75) is 26.8 Å². The molecule has 0 saturated carbocycles. The first kappa shape index (κ1) is 15.4. The number of hydrogen-bond donors (Lipinski definition) is 1. The van der Waals surface area contributed by atoms with Gasteiger partial charge in [0, 0.05) is 21.5 Å². The molecule has 2 rings (SSSR count). The molecule has 0 aliphatic rings. The molecule has 6 heteroatoms. The predicted octanol–water partition coefficient (Wildman–Crippen LogP) is 2.82. The number of aromatic nitrogens is 2. The van der Waals surface area contributed by atoms with E-state index in [1.54, 1.807) is 39.0 Å². The number of amides is 1. The van der Waals surface area contributed by atoms with Gasteiger partial charge in [0.25, 0.3) is 0 Å². The summed E-state index contributed by atoms with van der Waals surface area (Å²) in [6.07, 6.45) is 0. The molecule has 0 fully saturated rings. The Morgan fingerprint density at radius 1 is 1.29 bits per heavy atom. The lowest BCUT2D eigenvalue weighted by molar-refractivity contribution is -0.118. The van der Waals surface area contributed by atoms with Crippen LogP contribution in [0.4, 0.5) is 5.69 Å². The van der Waals surface area contributed by atoms with Gasteiger partial charge < -0.3 is 5.32 Å². The second kappa shape index (κ2) is 6.22. The topological polar surface area (TPSA) is 64.0 Å². The molecular formula is C15H16BrN3O2. The summed E-state index contributed by atoms with van der Waals surface area (Å²) in [7, 11) is 0. The van der Waals surface area contributed by atoms with Gasteiger partial charge in [0.1, 0.15) is 6.04 Å². The fourth-order valence-corrected chi connectivity index (χ4v) is 2.39. The number of anilines is 1. The van der Waals surface area contributed by atoms with Crippen LogP contribution in [0, 0.1) is 13.8 Å². The number of halogens is 1. The highest BCUT2D eigenvalue weighted by molar-refractivity contribution is 9.10. The SMILES string of the molecule is Cc1cc(C)n([C@@H](C)C(=O)Nc2ccc(Br)cc2)c(=O)n1. The van der Waals surface area contributed by atoms with Gasteiger partial charge in [-0.05, 0) is 51.1 Å². The van der Waals surface area contributed by atoms with Crippen molar-refractivity contribution in [1.82, 2.24) is 9.55 Å². The van der Waals surface area contributed by atoms with Gasteiger partial charge in [0.05, 0.1) is 0 Å². The van der Waals surface area contributed by atoms with Crippen molar-refractivity contribution in [1.29, 1.82) is 0 Å². The molecule has 21 heavy (non-hydrogen) atoms. The summed E-state index contributed by atoms with van der Waals surface area (Å²) in [5.41, 5.74) is 1.63. The van der Waals surface area contributed by atoms with Crippen LogP contribution in [0.15, 0.2) is 39.6 Å². The minimum absolute atomic E-state index is 0.256. The van der Waals surface area contributed by atoms with Gasteiger partial charge in [0.2, 0.25) is 5.91 Å². The third kappa shape index (κ3) is 3.58. The van der Waals surface area contributed by atoms with Gasteiger partial charge in [-0.3, -0.25) is 9.36 Å². The summed E-state index contributed by atoms with van der Waals surface area (Å²) in [6, 6.07) is 8.41. The van der Waals surface area contributed by atoms with E-state index in [0.717, 1.165) is 4.47 Å². The van der Waals surface area contributed by atoms with E-state index >= 15 is 0 Å². The van der Waals surface area contributed by atoms with Crippen LogP contribution in [0.2, 0.25) is 0 Å². The van der Waals surface area contributed by atoms with Crippen molar-refractivity contribution >= 4 is 27.5 Å². The molecule has 0 aliphatic carbocycles. The van der Waals surface area contributed by atoms with Crippen molar-refractivity contribution in [3.05, 3.63) is 56.7 Å². The standard InChI is InChI=1S/C15H16BrN3O2/c1-9-8-10(2)19(15(21)17-9)11(3)14(20)18-13-6-4-12(16)5-7-13/h4-8,11H,1-3H3,(H,18,20)/t11-/m0/s1. The third-order valence-corrected chi connectivity index (χ3v) is 3.68. The maximum atomic E-state index is 12.3. The van der Waals surface area contributed by atoms with E-state index in [9.17, 15) is 9.59 Å². The normalized spacial score (nSPS) is 12.0. The first-order chi connectivity index (χ1) is 9.88. The number of benzene rings is 1. The number of carbonyl (C=O) groups is 1. The fourth-order valence-electron chi connectivity index (χ4n) is 2.13. The lowest BCUT2D eigenvalue weighted by atomic mass is 10.2. The van der Waals surface area contributed by atoms with E-state index in [4.69, 9.17) is 0 Å². The van der Waals surface area contributed by atoms with Crippen LogP contribution in [-0.2, 0) is 4.79 Å². The monoisotopic (exact) mass is 349 g/mol. The number of nitrogens with zero attached hydrogens (tertiary/aromatic N) is 2. The van der Waals surface area contributed by atoms with Gasteiger partial charge in [-0.2, -0.15) is 4.98 Å². The molecule has 1 N–H and O–H groups in total. The zero-order chi connectivity index (χ0) is 15.6. The second-order valence-electron chi connectivity index (χ2n) is 4.86. The summed E-state index contributed by atoms with van der Waals surface area (Å²) in [5, 5.41) is 2.79. The number of nitrogens with one attached hydrogen (secondary N) is 1. The molecule has 0 bridgehead atoms. The van der Waals surface area contributed by atoms with Gasteiger partial charge in [-0.15, -0.1) is 0 Å². The third-order valence-electron chi connectivity index (χ3n) is 3.15. The van der Waals surface area contributed by atoms with E-state index in [-0.39, 0.29) is 5.91 Å². The van der Waals surface area contributed by atoms with Crippen molar-refractivity contribution in [2.24, 2.45) is 0 Å². The summed E-state index contributed by atoms with van der Waals surface area (Å²) in [6.45, 7) is 5.23. The largest absolute Gasteiger partial charge is 0.348 e. The molecule has 1 aromatic carbocycles. The fraction of sp³-hybridized carbons (Fsp3) is 0.267. The van der Waals surface area contributed by atoms with Crippen molar-refractivity contribution < 1.29 is 4.79 Å². The van der Waals surface area contributed by atoms with Crippen molar-refractivity contribution in [3.63, 3.8) is 0 Å². The van der Waals surface area contributed by atoms with Crippen LogP contribution in [0.3, 0.4) is 0 Å². The molecule has 1 heterocycles. The van der Waals surface area contributed by atoms with Gasteiger partial charge in [0.15, 0.2) is 0 Å². The molecule has 0 aliphatic heterocycles. The maximum Gasteiger partial charge on any atom is 0.348 e. The summed E-state index contributed by atoms with van der Waals surface area (Å²) in [5.74, 6) is -0.256. The van der Waals surface area contributed by atoms with E-state index in [1.165, 1.54) is 4.57 Å². The van der Waals surface area contributed by atoms with Crippen LogP contribution in [-0.4, -0.2) is 15.5 Å². The van der Waals surface area contributed by atoms with Gasteiger partial charge in [-0.1, -0.05) is 15.9 Å². The zero-order valence-corrected chi connectivity index (χ0v) is 13.6. The average molecular weight is 350 g/mol. The number of carbonyl (C=O) groups excluding carboxylic acids is 1. The lowest BCUT2D eigenvalue weighted by Gasteiger charge is -2.17. The van der Waals surface area contributed by atoms with Crippen LogP contribution < -0.4 is 11.0 Å². The van der Waals surface area contributed by atoms with Crippen LogP contribution in [0.25, 0.3) is 0 Å². The van der Waals surface area contributed by atoms with Crippen LogP contribution in [0.1, 0.15) is 24.4 Å². The number of rotatable bonds is 3. The highest BCUT2D eigenvalue weighted by Crippen LogP contribution is 2.16. The molecule has 0 spiro atoms. The van der Waals surface area contributed by atoms with E-state index in [1.807, 2.05) is 12.1 Å². The Morgan fingerprint density at radius 2 is 1.90 bits per heavy atom. The zero-order valence-electron chi connectivity index (χ0n) is 12.1. The molecule has 1 amide bonds. The van der Waals surface area contributed by atoms with E-state index in [2.05, 4.69) is 26.2 Å². The predicted molar refractivity (Wildman–Crippen MR) is 85.5 cm³/mol. The van der Waals surface area contributed by atoms with Crippen LogP contribution in [0.5, 0.6) is 0 Å². The smallest absolute Gasteiger partial charge is 0.324 e. The summed E-state index contributed by atoms with van der Waals surface area (Å²) < 4.78 is 2.32. The Bertz CT molecular complexity index is 723. The first-order valence-electron chi connectivity index (χ1n) is 6.51. The van der Waals surface area contributed by atoms with E-state index in [0.29, 0.717) is 17.1 Å². The Balaban J connectivity index is 2.24. The van der Waals surface area contributed by atoms with Crippen LogP contribution >= 0.6 is 15.9 Å². The Morgan fingerprint density at radius 3 is 2.48 bits per heavy atom. The molecule has 5 nitrogen and oxygen atoms in total. The summed E-state index contributed by atoms with van der Waals surface area (Å²) in [4.78, 5) is 28.1. The molecule has 1 aromatic heterocycles. The molecule has 0 saturated heterocycles. The van der Waals surface area contributed by atoms with Gasteiger partial charge >= 0.3 is 5.69 Å². The molecule has 110 valence electrons. The Hall–Kier alpha value is -1.95. The maximum absolute atomic E-state index is 12.3. The number of hydrogen-bond acceptors (Lipinski definition) is 3. The number of aryl methyl sites for hydroxylation is 2. The minimum Gasteiger partial charge on any atom is -0.324 e. The minimum atomic E-state index is -0.630. The molecular weight excluding hydrogens is 334 g/mol. The Kier molecular flexibility index (Phi) is 4.57. The highest BCUT2D eigenvalue weighted by Gasteiger charge is 2.18. The van der Waals surface area contributed by atoms with Crippen molar-refractivity contribution in [3.8, 4) is 0 Å². The summed E-state index contributed by atoms with van der Waals surface area (Å²) >= 11 is 3.34.